The van der Waals surface area contributed by atoms with Crippen LogP contribution in [0.4, 0.5) is 4.79 Å². The number of ether oxygens (including phenoxy) is 2. The van der Waals surface area contributed by atoms with Gasteiger partial charge in [-0.1, -0.05) is 76.8 Å². The van der Waals surface area contributed by atoms with Crippen LogP contribution in [-0.4, -0.2) is 82.0 Å². The Morgan fingerprint density at radius 2 is 1.83 bits per heavy atom. The highest BCUT2D eigenvalue weighted by atomic mass is 16.6. The maximum Gasteiger partial charge on any atom is 0.410 e. The van der Waals surface area contributed by atoms with Crippen molar-refractivity contribution in [2.24, 2.45) is 11.8 Å². The van der Waals surface area contributed by atoms with Gasteiger partial charge in [0.2, 0.25) is 0 Å². The standard InChI is InChI=1S/C38H57N3O5/c1-28-19-20-38(5,44)34(45-37(43)41-24-22-40(23-25-41)33-15-8-6-7-9-16-33)18-17-31(4)36(46-35(42)26-28)30(3)13-10-12-29(2)32-14-11-21-39-27-32/h10-14,17-18,21,27-29,31,33-34,36,44H,6-9,15-16,19-20,22-26H2,1-5H3/b12-10+,18-17+,30-13+/t28-,29?,31+,34+,36-,38-/m1/s1. The van der Waals surface area contributed by atoms with Crippen molar-refractivity contribution in [2.45, 2.75) is 122 Å². The van der Waals surface area contributed by atoms with Crippen molar-refractivity contribution in [3.8, 4) is 0 Å². The lowest BCUT2D eigenvalue weighted by atomic mass is 9.87. The SMILES string of the molecule is C/C(=C\C=C\C(C)c1cccnc1)[C@H]1OC(=O)C[C@H](C)CC[C@@](C)(O)[C@@H](OC(=O)N2CCN(C3CCCCCC3)CC2)/C=C/[C@@H]1C. The molecule has 1 aliphatic carbocycles. The van der Waals surface area contributed by atoms with Crippen molar-refractivity contribution >= 4 is 12.1 Å². The summed E-state index contributed by atoms with van der Waals surface area (Å²) in [5.74, 6) is -0.257. The monoisotopic (exact) mass is 635 g/mol. The number of aromatic nitrogens is 1. The smallest absolute Gasteiger partial charge is 0.410 e. The predicted octanol–water partition coefficient (Wildman–Crippen LogP) is 7.21. The second-order valence-electron chi connectivity index (χ2n) is 14.2. The summed E-state index contributed by atoms with van der Waals surface area (Å²) in [5.41, 5.74) is 0.759. The number of piperazine rings is 1. The third-order valence-corrected chi connectivity index (χ3v) is 10.2. The molecule has 8 heteroatoms. The maximum absolute atomic E-state index is 13.5. The zero-order chi connectivity index (χ0) is 33.1. The van der Waals surface area contributed by atoms with Crippen LogP contribution in [-0.2, 0) is 14.3 Å². The molecule has 0 bridgehead atoms. The Labute approximate surface area is 276 Å². The van der Waals surface area contributed by atoms with Gasteiger partial charge in [0.25, 0.3) is 0 Å². The number of carbonyl (C=O) groups excluding carboxylic acids is 2. The van der Waals surface area contributed by atoms with Crippen molar-refractivity contribution in [3.63, 3.8) is 0 Å². The van der Waals surface area contributed by atoms with Crippen molar-refractivity contribution < 1.29 is 24.2 Å². The molecule has 1 N–H and O–H groups in total. The first-order valence-corrected chi connectivity index (χ1v) is 17.6. The van der Waals surface area contributed by atoms with Crippen molar-refractivity contribution in [1.29, 1.82) is 0 Å². The van der Waals surface area contributed by atoms with Gasteiger partial charge in [0.15, 0.2) is 6.10 Å². The third-order valence-electron chi connectivity index (χ3n) is 10.2. The van der Waals surface area contributed by atoms with Gasteiger partial charge in [-0.3, -0.25) is 14.7 Å². The van der Waals surface area contributed by atoms with E-state index in [1.54, 1.807) is 24.1 Å². The minimum atomic E-state index is -1.28. The summed E-state index contributed by atoms with van der Waals surface area (Å²) in [7, 11) is 0. The lowest BCUT2D eigenvalue weighted by Crippen LogP contribution is -2.53. The fraction of sp³-hybridized carbons (Fsp3) is 0.658. The average Bonchev–Trinajstić information content (AvgIpc) is 3.34. The van der Waals surface area contributed by atoms with Crippen molar-refractivity contribution in [1.82, 2.24) is 14.8 Å². The van der Waals surface area contributed by atoms with Gasteiger partial charge < -0.3 is 19.5 Å². The number of hydrogen-bond acceptors (Lipinski definition) is 7. The summed E-state index contributed by atoms with van der Waals surface area (Å²) in [6, 6.07) is 4.61. The first-order chi connectivity index (χ1) is 22.0. The Hall–Kier alpha value is -2.97. The summed E-state index contributed by atoms with van der Waals surface area (Å²) >= 11 is 0. The summed E-state index contributed by atoms with van der Waals surface area (Å²) in [5, 5.41) is 11.6. The van der Waals surface area contributed by atoms with Crippen LogP contribution in [0.15, 0.2) is 60.5 Å². The summed E-state index contributed by atoms with van der Waals surface area (Å²) < 4.78 is 12.1. The molecule has 1 saturated carbocycles. The van der Waals surface area contributed by atoms with E-state index >= 15 is 0 Å². The Kier molecular flexibility index (Phi) is 13.5. The number of amides is 1. The topological polar surface area (TPSA) is 92.2 Å². The second kappa shape index (κ2) is 17.3. The molecule has 46 heavy (non-hydrogen) atoms. The zero-order valence-electron chi connectivity index (χ0n) is 28.8. The minimum absolute atomic E-state index is 0.0104. The first kappa shape index (κ1) is 35.9. The number of pyridine rings is 1. The second-order valence-corrected chi connectivity index (χ2v) is 14.2. The highest BCUT2D eigenvalue weighted by molar-refractivity contribution is 5.70. The summed E-state index contributed by atoms with van der Waals surface area (Å²) in [6.45, 7) is 12.8. The van der Waals surface area contributed by atoms with Gasteiger partial charge >= 0.3 is 12.1 Å². The number of hydrogen-bond donors (Lipinski definition) is 1. The molecule has 3 heterocycles. The van der Waals surface area contributed by atoms with E-state index in [-0.39, 0.29) is 36.2 Å². The van der Waals surface area contributed by atoms with Crippen LogP contribution in [0, 0.1) is 11.8 Å². The van der Waals surface area contributed by atoms with E-state index in [2.05, 4.69) is 29.0 Å². The highest BCUT2D eigenvalue weighted by Crippen LogP contribution is 2.29. The lowest BCUT2D eigenvalue weighted by molar-refractivity contribution is -0.150. The van der Waals surface area contributed by atoms with E-state index in [0.29, 0.717) is 32.0 Å². The molecule has 1 aromatic rings. The van der Waals surface area contributed by atoms with E-state index in [0.717, 1.165) is 24.2 Å². The normalized spacial score (nSPS) is 31.3. The van der Waals surface area contributed by atoms with E-state index in [1.807, 2.05) is 51.3 Å². The molecule has 8 nitrogen and oxygen atoms in total. The Bertz CT molecular complexity index is 1200. The van der Waals surface area contributed by atoms with Gasteiger partial charge in [0, 0.05) is 62.9 Å². The number of nitrogens with zero attached hydrogens (tertiary/aromatic N) is 3. The molecule has 0 radical (unpaired) electrons. The molecular weight excluding hydrogens is 578 g/mol. The number of rotatable bonds is 6. The quantitative estimate of drug-likeness (QED) is 0.153. The molecule has 0 spiro atoms. The number of allylic oxidation sites excluding steroid dienone is 3. The van der Waals surface area contributed by atoms with Crippen molar-refractivity contribution in [2.75, 3.05) is 26.2 Å². The minimum Gasteiger partial charge on any atom is -0.457 e. The van der Waals surface area contributed by atoms with Crippen LogP contribution in [0.25, 0.3) is 0 Å². The summed E-state index contributed by atoms with van der Waals surface area (Å²) in [6.07, 6.45) is 20.8. The molecule has 3 aliphatic rings. The average molecular weight is 636 g/mol. The van der Waals surface area contributed by atoms with E-state index in [9.17, 15) is 14.7 Å². The fourth-order valence-electron chi connectivity index (χ4n) is 6.92. The number of esters is 1. The maximum atomic E-state index is 13.5. The lowest BCUT2D eigenvalue weighted by Gasteiger charge is -2.40. The zero-order valence-corrected chi connectivity index (χ0v) is 28.8. The number of aliphatic hydroxyl groups is 1. The van der Waals surface area contributed by atoms with Gasteiger partial charge in [0.1, 0.15) is 11.7 Å². The van der Waals surface area contributed by atoms with Gasteiger partial charge in [-0.05, 0) is 68.7 Å². The van der Waals surface area contributed by atoms with Crippen LogP contribution < -0.4 is 0 Å². The molecule has 1 saturated heterocycles. The van der Waals surface area contributed by atoms with Crippen LogP contribution in [0.1, 0.15) is 104 Å². The van der Waals surface area contributed by atoms with Crippen LogP contribution in [0.3, 0.4) is 0 Å². The third kappa shape index (κ3) is 10.5. The summed E-state index contributed by atoms with van der Waals surface area (Å²) in [4.78, 5) is 35.0. The molecule has 2 fully saturated rings. The van der Waals surface area contributed by atoms with Gasteiger partial charge in [-0.15, -0.1) is 0 Å². The van der Waals surface area contributed by atoms with Crippen LogP contribution >= 0.6 is 0 Å². The molecule has 2 aliphatic heterocycles. The van der Waals surface area contributed by atoms with E-state index < -0.39 is 17.8 Å². The van der Waals surface area contributed by atoms with Gasteiger partial charge in [0.05, 0.1) is 0 Å². The fourth-order valence-corrected chi connectivity index (χ4v) is 6.92. The largest absolute Gasteiger partial charge is 0.457 e. The van der Waals surface area contributed by atoms with E-state index in [4.69, 9.17) is 9.47 Å². The highest BCUT2D eigenvalue weighted by Gasteiger charge is 2.37. The van der Waals surface area contributed by atoms with Crippen molar-refractivity contribution in [3.05, 3.63) is 66.0 Å². The number of cyclic esters (lactones) is 1. The molecule has 1 aromatic heterocycles. The molecule has 1 amide bonds. The van der Waals surface area contributed by atoms with Gasteiger partial charge in [-0.2, -0.15) is 0 Å². The van der Waals surface area contributed by atoms with Gasteiger partial charge in [-0.25, -0.2) is 4.79 Å². The predicted molar refractivity (Wildman–Crippen MR) is 182 cm³/mol. The van der Waals surface area contributed by atoms with Crippen LogP contribution in [0.5, 0.6) is 0 Å². The Balaban J connectivity index is 1.45. The van der Waals surface area contributed by atoms with Crippen LogP contribution in [0.2, 0.25) is 0 Å². The number of carbonyl (C=O) groups is 2. The molecule has 6 atom stereocenters. The molecule has 1 unspecified atom stereocenters. The Morgan fingerprint density at radius 1 is 1.11 bits per heavy atom. The molecule has 0 aromatic carbocycles. The van der Waals surface area contributed by atoms with E-state index in [1.165, 1.54) is 38.5 Å². The molecular formula is C38H57N3O5. The molecule has 4 rings (SSSR count). The Morgan fingerprint density at radius 3 is 2.50 bits per heavy atom. The molecule has 254 valence electrons. The first-order valence-electron chi connectivity index (χ1n) is 17.6.